The molecule has 9 heteroatoms. The normalized spacial score (nSPS) is 12.3. The first-order valence-corrected chi connectivity index (χ1v) is 14.3. The first-order valence-electron chi connectivity index (χ1n) is 12.3. The summed E-state index contributed by atoms with van der Waals surface area (Å²) in [7, 11) is 0. The van der Waals surface area contributed by atoms with Gasteiger partial charge in [-0.05, 0) is 66.0 Å². The van der Waals surface area contributed by atoms with Crippen LogP contribution in [0.3, 0.4) is 0 Å². The molecule has 0 saturated heterocycles. The molecule has 0 aliphatic rings. The van der Waals surface area contributed by atoms with Gasteiger partial charge in [0.2, 0.25) is 0 Å². The minimum absolute atomic E-state index is 0.0244. The van der Waals surface area contributed by atoms with E-state index in [1.807, 2.05) is 51.1 Å². The Bertz CT molecular complexity index is 1570. The monoisotopic (exact) mass is 659 g/mol. The summed E-state index contributed by atoms with van der Waals surface area (Å²) >= 11 is 13.8. The topological polar surface area (TPSA) is 65.7 Å². The smallest absolute Gasteiger partial charge is 0.282 e. The number of ether oxygens (including phenoxy) is 2. The van der Waals surface area contributed by atoms with Gasteiger partial charge in [-0.15, -0.1) is 0 Å². The summed E-state index contributed by atoms with van der Waals surface area (Å²) in [4.78, 5) is 18.2. The Morgan fingerprint density at radius 3 is 2.63 bits per heavy atom. The van der Waals surface area contributed by atoms with E-state index >= 15 is 0 Å². The molecule has 1 aromatic heterocycles. The maximum absolute atomic E-state index is 13.5. The van der Waals surface area contributed by atoms with Crippen LogP contribution in [0.4, 0.5) is 0 Å². The molecule has 4 aromatic rings. The van der Waals surface area contributed by atoms with Crippen LogP contribution in [-0.4, -0.2) is 22.5 Å². The molecule has 0 amide bonds. The van der Waals surface area contributed by atoms with Gasteiger partial charge in [0, 0.05) is 20.4 Å². The van der Waals surface area contributed by atoms with Crippen LogP contribution >= 0.6 is 43.5 Å². The van der Waals surface area contributed by atoms with Gasteiger partial charge in [0.15, 0.2) is 11.5 Å². The lowest BCUT2D eigenvalue weighted by atomic mass is 10.1. The van der Waals surface area contributed by atoms with Gasteiger partial charge in [0.1, 0.15) is 17.5 Å². The van der Waals surface area contributed by atoms with Crippen LogP contribution in [0, 0.1) is 6.92 Å². The summed E-state index contributed by atoms with van der Waals surface area (Å²) in [5, 5.41) is 5.42. The summed E-state index contributed by atoms with van der Waals surface area (Å²) < 4.78 is 14.7. The van der Waals surface area contributed by atoms with Crippen molar-refractivity contribution in [2.45, 2.75) is 46.6 Å². The Hall–Kier alpha value is -2.68. The highest BCUT2D eigenvalue weighted by Crippen LogP contribution is 2.42. The average molecular weight is 662 g/mol. The van der Waals surface area contributed by atoms with Gasteiger partial charge in [-0.3, -0.25) is 4.79 Å². The minimum Gasteiger partial charge on any atom is -0.490 e. The van der Waals surface area contributed by atoms with Crippen molar-refractivity contribution in [2.24, 2.45) is 5.10 Å². The highest BCUT2D eigenvalue weighted by atomic mass is 79.9. The number of benzene rings is 3. The largest absolute Gasteiger partial charge is 0.490 e. The van der Waals surface area contributed by atoms with E-state index in [9.17, 15) is 4.79 Å². The fourth-order valence-electron chi connectivity index (χ4n) is 3.95. The standard InChI is InChI=1S/C29H28Br2ClN3O3/c1-5-18(4)28-34-23-11-10-21(30)14-22(23)29(36)35(28)33-15-20-13-24(37-6-2)27(26(32)25(20)31)38-16-19-9-7-8-17(3)12-19/h7-15,18H,5-6,16H2,1-4H3/t18-/m1/s1. The van der Waals surface area contributed by atoms with Crippen LogP contribution < -0.4 is 15.0 Å². The van der Waals surface area contributed by atoms with Crippen molar-refractivity contribution >= 4 is 60.6 Å². The zero-order valence-corrected chi connectivity index (χ0v) is 25.5. The SMILES string of the molecule is CCOc1cc(C=Nn2c([C@H](C)CC)nc3ccc(Br)cc3c2=O)c(Br)c(Cl)c1OCc1cccc(C)c1. The second kappa shape index (κ2) is 12.5. The molecule has 0 fully saturated rings. The molecule has 6 nitrogen and oxygen atoms in total. The number of aryl methyl sites for hydroxylation is 1. The van der Waals surface area contributed by atoms with Crippen molar-refractivity contribution in [1.29, 1.82) is 0 Å². The minimum atomic E-state index is -0.242. The molecular formula is C29H28Br2ClN3O3. The fraction of sp³-hybridized carbons (Fsp3) is 0.276. The average Bonchev–Trinajstić information content (AvgIpc) is 2.90. The van der Waals surface area contributed by atoms with Crippen LogP contribution in [0.2, 0.25) is 5.02 Å². The molecule has 0 unspecified atom stereocenters. The van der Waals surface area contributed by atoms with Crippen molar-refractivity contribution in [3.8, 4) is 11.5 Å². The van der Waals surface area contributed by atoms with E-state index in [0.29, 0.717) is 56.5 Å². The first kappa shape index (κ1) is 28.3. The molecule has 198 valence electrons. The van der Waals surface area contributed by atoms with E-state index in [4.69, 9.17) is 26.1 Å². The second-order valence-corrected chi connectivity index (χ2v) is 11.0. The number of halogens is 3. The Kier molecular flexibility index (Phi) is 9.28. The molecule has 0 aliphatic heterocycles. The molecule has 1 heterocycles. The summed E-state index contributed by atoms with van der Waals surface area (Å²) in [6.07, 6.45) is 2.39. The van der Waals surface area contributed by atoms with Crippen LogP contribution in [0.25, 0.3) is 10.9 Å². The molecule has 0 N–H and O–H groups in total. The number of fused-ring (bicyclic) bond motifs is 1. The second-order valence-electron chi connectivity index (χ2n) is 8.93. The maximum Gasteiger partial charge on any atom is 0.282 e. The summed E-state index contributed by atoms with van der Waals surface area (Å²) in [5.74, 6) is 1.55. The summed E-state index contributed by atoms with van der Waals surface area (Å²) in [6.45, 7) is 8.78. The fourth-order valence-corrected chi connectivity index (χ4v) is 4.97. The van der Waals surface area contributed by atoms with E-state index in [2.05, 4.69) is 50.0 Å². The Morgan fingerprint density at radius 1 is 1.13 bits per heavy atom. The third-order valence-electron chi connectivity index (χ3n) is 6.12. The van der Waals surface area contributed by atoms with Crippen LogP contribution in [0.1, 0.15) is 55.6 Å². The Morgan fingerprint density at radius 2 is 1.92 bits per heavy atom. The lowest BCUT2D eigenvalue weighted by molar-refractivity contribution is 0.269. The summed E-state index contributed by atoms with van der Waals surface area (Å²) in [6, 6.07) is 15.4. The van der Waals surface area contributed by atoms with E-state index in [1.54, 1.807) is 18.3 Å². The molecule has 1 atom stereocenters. The zero-order chi connectivity index (χ0) is 27.4. The maximum atomic E-state index is 13.5. The van der Waals surface area contributed by atoms with Gasteiger partial charge >= 0.3 is 0 Å². The molecule has 38 heavy (non-hydrogen) atoms. The van der Waals surface area contributed by atoms with Crippen LogP contribution in [-0.2, 0) is 6.61 Å². The molecule has 0 bridgehead atoms. The van der Waals surface area contributed by atoms with E-state index in [-0.39, 0.29) is 11.5 Å². The summed E-state index contributed by atoms with van der Waals surface area (Å²) in [5.41, 5.74) is 3.21. The lowest BCUT2D eigenvalue weighted by Crippen LogP contribution is -2.23. The van der Waals surface area contributed by atoms with Gasteiger partial charge in [-0.25, -0.2) is 4.98 Å². The van der Waals surface area contributed by atoms with Gasteiger partial charge in [-0.1, -0.05) is 71.2 Å². The van der Waals surface area contributed by atoms with E-state index < -0.39 is 0 Å². The zero-order valence-electron chi connectivity index (χ0n) is 21.6. The number of aromatic nitrogens is 2. The molecule has 0 aliphatic carbocycles. The van der Waals surface area contributed by atoms with Gasteiger partial charge in [0.25, 0.3) is 5.56 Å². The highest BCUT2D eigenvalue weighted by Gasteiger charge is 2.19. The first-order chi connectivity index (χ1) is 18.2. The highest BCUT2D eigenvalue weighted by molar-refractivity contribution is 9.10. The number of rotatable bonds is 9. The van der Waals surface area contributed by atoms with E-state index in [0.717, 1.165) is 22.0 Å². The van der Waals surface area contributed by atoms with Crippen molar-refractivity contribution in [2.75, 3.05) is 6.61 Å². The predicted molar refractivity (Wildman–Crippen MR) is 161 cm³/mol. The quantitative estimate of drug-likeness (QED) is 0.170. The Labute approximate surface area is 243 Å². The van der Waals surface area contributed by atoms with Gasteiger partial charge < -0.3 is 9.47 Å². The third-order valence-corrected chi connectivity index (χ3v) is 8.06. The molecule has 0 radical (unpaired) electrons. The molecule has 3 aromatic carbocycles. The van der Waals surface area contributed by atoms with Crippen LogP contribution in [0.15, 0.2) is 67.4 Å². The van der Waals surface area contributed by atoms with Gasteiger partial charge in [-0.2, -0.15) is 9.78 Å². The van der Waals surface area contributed by atoms with Crippen molar-refractivity contribution in [3.05, 3.63) is 95.4 Å². The number of nitrogens with zero attached hydrogens (tertiary/aromatic N) is 3. The number of hydrogen-bond acceptors (Lipinski definition) is 5. The Balaban J connectivity index is 1.77. The van der Waals surface area contributed by atoms with Crippen molar-refractivity contribution in [3.63, 3.8) is 0 Å². The lowest BCUT2D eigenvalue weighted by Gasteiger charge is -2.17. The van der Waals surface area contributed by atoms with E-state index in [1.165, 1.54) is 4.68 Å². The number of hydrogen-bond donors (Lipinski definition) is 0. The van der Waals surface area contributed by atoms with Crippen molar-refractivity contribution in [1.82, 2.24) is 9.66 Å². The predicted octanol–water partition coefficient (Wildman–Crippen LogP) is 8.26. The molecule has 4 rings (SSSR count). The van der Waals surface area contributed by atoms with Gasteiger partial charge in [0.05, 0.1) is 23.7 Å². The molecular weight excluding hydrogens is 634 g/mol. The third kappa shape index (κ3) is 6.14. The molecule has 0 saturated carbocycles. The molecule has 0 spiro atoms. The van der Waals surface area contributed by atoms with Crippen molar-refractivity contribution < 1.29 is 9.47 Å². The van der Waals surface area contributed by atoms with Crippen LogP contribution in [0.5, 0.6) is 11.5 Å².